The second-order valence-electron chi connectivity index (χ2n) is 4.55. The molecule has 0 aromatic carbocycles. The summed E-state index contributed by atoms with van der Waals surface area (Å²) in [6.45, 7) is 2.56. The molecule has 104 valence electrons. The van der Waals surface area contributed by atoms with E-state index in [1.54, 1.807) is 0 Å². The molecule has 1 aliphatic rings. The number of nitrogens with one attached hydrogen (secondary N) is 1. The van der Waals surface area contributed by atoms with E-state index in [9.17, 15) is 10.1 Å². The molecule has 1 saturated carbocycles. The van der Waals surface area contributed by atoms with Crippen molar-refractivity contribution in [1.82, 2.24) is 9.97 Å². The fourth-order valence-corrected chi connectivity index (χ4v) is 2.16. The van der Waals surface area contributed by atoms with E-state index >= 15 is 0 Å². The van der Waals surface area contributed by atoms with E-state index in [0.29, 0.717) is 12.5 Å². The molecule has 0 saturated heterocycles. The summed E-state index contributed by atoms with van der Waals surface area (Å²) in [5, 5.41) is 13.9. The highest BCUT2D eigenvalue weighted by molar-refractivity contribution is 5.43. The molecule has 0 aliphatic heterocycles. The van der Waals surface area contributed by atoms with Crippen molar-refractivity contribution in [2.75, 3.05) is 11.9 Å². The smallest absolute Gasteiger partial charge is 0.349 e. The van der Waals surface area contributed by atoms with E-state index in [0.717, 1.165) is 25.7 Å². The third-order valence-electron chi connectivity index (χ3n) is 3.10. The molecule has 7 heteroatoms. The number of ether oxygens (including phenoxy) is 1. The lowest BCUT2D eigenvalue weighted by atomic mass is 9.98. The summed E-state index contributed by atoms with van der Waals surface area (Å²) in [6, 6.07) is 0. The first-order chi connectivity index (χ1) is 9.20. The summed E-state index contributed by atoms with van der Waals surface area (Å²) in [5.74, 6) is 0.432. The number of hydrogen-bond donors (Lipinski definition) is 1. The number of anilines is 1. The van der Waals surface area contributed by atoms with Gasteiger partial charge in [0.05, 0.1) is 4.92 Å². The fourth-order valence-electron chi connectivity index (χ4n) is 2.16. The third kappa shape index (κ3) is 3.52. The molecule has 0 spiro atoms. The Kier molecular flexibility index (Phi) is 4.48. The van der Waals surface area contributed by atoms with Crippen molar-refractivity contribution in [3.8, 4) is 5.88 Å². The predicted octanol–water partition coefficient (Wildman–Crippen LogP) is 2.53. The van der Waals surface area contributed by atoms with Gasteiger partial charge in [-0.05, 0) is 32.6 Å². The monoisotopic (exact) mass is 266 g/mol. The normalized spacial score (nSPS) is 16.1. The van der Waals surface area contributed by atoms with Crippen LogP contribution in [0.1, 0.15) is 39.0 Å². The third-order valence-corrected chi connectivity index (χ3v) is 3.10. The first-order valence-electron chi connectivity index (χ1n) is 6.62. The minimum atomic E-state index is -0.506. The maximum atomic E-state index is 11.0. The van der Waals surface area contributed by atoms with Gasteiger partial charge in [-0.2, -0.15) is 4.98 Å². The SMILES string of the molecule is CCNc1ncc([N+](=O)[O-])c(OC2CCCCC2)n1. The summed E-state index contributed by atoms with van der Waals surface area (Å²) in [5.41, 5.74) is -0.174. The molecule has 1 heterocycles. The van der Waals surface area contributed by atoms with Crippen LogP contribution in [-0.2, 0) is 0 Å². The zero-order chi connectivity index (χ0) is 13.7. The van der Waals surface area contributed by atoms with Crippen molar-refractivity contribution < 1.29 is 9.66 Å². The number of nitro groups is 1. The van der Waals surface area contributed by atoms with Gasteiger partial charge in [0.2, 0.25) is 5.95 Å². The molecule has 2 rings (SSSR count). The van der Waals surface area contributed by atoms with E-state index in [4.69, 9.17) is 4.74 Å². The Morgan fingerprint density at radius 3 is 2.84 bits per heavy atom. The Hall–Kier alpha value is -1.92. The Bertz CT molecular complexity index is 447. The van der Waals surface area contributed by atoms with Crippen molar-refractivity contribution in [2.24, 2.45) is 0 Å². The van der Waals surface area contributed by atoms with Gasteiger partial charge in [-0.3, -0.25) is 10.1 Å². The average molecular weight is 266 g/mol. The summed E-state index contributed by atoms with van der Waals surface area (Å²) < 4.78 is 5.70. The van der Waals surface area contributed by atoms with Crippen LogP contribution in [0, 0.1) is 10.1 Å². The van der Waals surface area contributed by atoms with Crippen molar-refractivity contribution in [1.29, 1.82) is 0 Å². The molecular weight excluding hydrogens is 248 g/mol. The molecular formula is C12H18N4O3. The standard InChI is InChI=1S/C12H18N4O3/c1-2-13-12-14-8-10(16(17)18)11(15-12)19-9-6-4-3-5-7-9/h8-9H,2-7H2,1H3,(H,13,14,15). The highest BCUT2D eigenvalue weighted by Crippen LogP contribution is 2.29. The van der Waals surface area contributed by atoms with E-state index < -0.39 is 4.92 Å². The largest absolute Gasteiger partial charge is 0.469 e. The zero-order valence-electron chi connectivity index (χ0n) is 11.0. The van der Waals surface area contributed by atoms with Gasteiger partial charge in [0.1, 0.15) is 12.3 Å². The van der Waals surface area contributed by atoms with Crippen LogP contribution in [0.4, 0.5) is 11.6 Å². The van der Waals surface area contributed by atoms with E-state index in [1.165, 1.54) is 12.6 Å². The lowest BCUT2D eigenvalue weighted by Gasteiger charge is -2.22. The van der Waals surface area contributed by atoms with Crippen molar-refractivity contribution >= 4 is 11.6 Å². The Balaban J connectivity index is 2.18. The van der Waals surface area contributed by atoms with Crippen LogP contribution in [0.25, 0.3) is 0 Å². The van der Waals surface area contributed by atoms with Gasteiger partial charge >= 0.3 is 5.69 Å². The molecule has 0 bridgehead atoms. The van der Waals surface area contributed by atoms with E-state index in [-0.39, 0.29) is 17.7 Å². The second-order valence-corrected chi connectivity index (χ2v) is 4.55. The van der Waals surface area contributed by atoms with E-state index in [1.807, 2.05) is 6.92 Å². The molecule has 1 aromatic rings. The quantitative estimate of drug-likeness (QED) is 0.650. The number of aromatic nitrogens is 2. The van der Waals surface area contributed by atoms with Crippen LogP contribution in [-0.4, -0.2) is 27.5 Å². The molecule has 1 aromatic heterocycles. The molecule has 7 nitrogen and oxygen atoms in total. The molecule has 1 N–H and O–H groups in total. The van der Waals surface area contributed by atoms with Gasteiger partial charge in [0.15, 0.2) is 0 Å². The summed E-state index contributed by atoms with van der Waals surface area (Å²) in [7, 11) is 0. The minimum absolute atomic E-state index is 0.0248. The lowest BCUT2D eigenvalue weighted by molar-refractivity contribution is -0.386. The van der Waals surface area contributed by atoms with Crippen molar-refractivity contribution in [2.45, 2.75) is 45.1 Å². The molecule has 1 fully saturated rings. The number of hydrogen-bond acceptors (Lipinski definition) is 6. The molecule has 0 radical (unpaired) electrons. The molecule has 0 atom stereocenters. The van der Waals surface area contributed by atoms with Crippen LogP contribution in [0.15, 0.2) is 6.20 Å². The Morgan fingerprint density at radius 2 is 2.21 bits per heavy atom. The van der Waals surface area contributed by atoms with Gasteiger partial charge in [-0.25, -0.2) is 4.98 Å². The van der Waals surface area contributed by atoms with Crippen LogP contribution >= 0.6 is 0 Å². The molecule has 19 heavy (non-hydrogen) atoms. The summed E-state index contributed by atoms with van der Waals surface area (Å²) in [4.78, 5) is 18.4. The Morgan fingerprint density at radius 1 is 1.47 bits per heavy atom. The van der Waals surface area contributed by atoms with Crippen LogP contribution in [0.2, 0.25) is 0 Å². The highest BCUT2D eigenvalue weighted by atomic mass is 16.6. The van der Waals surface area contributed by atoms with Gasteiger partial charge < -0.3 is 10.1 Å². The van der Waals surface area contributed by atoms with Gasteiger partial charge in [0, 0.05) is 6.54 Å². The predicted molar refractivity (Wildman–Crippen MR) is 70.4 cm³/mol. The van der Waals surface area contributed by atoms with Crippen LogP contribution in [0.3, 0.4) is 0 Å². The average Bonchev–Trinajstić information content (AvgIpc) is 2.40. The fraction of sp³-hybridized carbons (Fsp3) is 0.667. The number of rotatable bonds is 5. The number of nitrogens with zero attached hydrogens (tertiary/aromatic N) is 3. The Labute approximate surface area is 111 Å². The van der Waals surface area contributed by atoms with Crippen LogP contribution in [0.5, 0.6) is 5.88 Å². The lowest BCUT2D eigenvalue weighted by Crippen LogP contribution is -2.21. The minimum Gasteiger partial charge on any atom is -0.469 e. The van der Waals surface area contributed by atoms with Crippen molar-refractivity contribution in [3.63, 3.8) is 0 Å². The molecule has 1 aliphatic carbocycles. The highest BCUT2D eigenvalue weighted by Gasteiger charge is 2.23. The topological polar surface area (TPSA) is 90.2 Å². The summed E-state index contributed by atoms with van der Waals surface area (Å²) >= 11 is 0. The second kappa shape index (κ2) is 6.31. The maximum absolute atomic E-state index is 11.0. The first-order valence-corrected chi connectivity index (χ1v) is 6.62. The van der Waals surface area contributed by atoms with Gasteiger partial charge in [0.25, 0.3) is 5.88 Å². The van der Waals surface area contributed by atoms with Gasteiger partial charge in [-0.15, -0.1) is 0 Å². The zero-order valence-corrected chi connectivity index (χ0v) is 11.0. The van der Waals surface area contributed by atoms with E-state index in [2.05, 4.69) is 15.3 Å². The van der Waals surface area contributed by atoms with Gasteiger partial charge in [-0.1, -0.05) is 6.42 Å². The molecule has 0 amide bonds. The van der Waals surface area contributed by atoms with Crippen molar-refractivity contribution in [3.05, 3.63) is 16.3 Å². The first kappa shape index (κ1) is 13.5. The molecule has 0 unspecified atom stereocenters. The maximum Gasteiger partial charge on any atom is 0.349 e. The summed E-state index contributed by atoms with van der Waals surface area (Å²) in [6.07, 6.45) is 6.48. The van der Waals surface area contributed by atoms with Crippen LogP contribution < -0.4 is 10.1 Å².